The maximum atomic E-state index is 4.91. The highest BCUT2D eigenvalue weighted by Gasteiger charge is 2.37. The van der Waals surface area contributed by atoms with E-state index >= 15 is 0 Å². The molecular formula is C15H20N2S. The van der Waals surface area contributed by atoms with Gasteiger partial charge in [0, 0.05) is 12.0 Å². The van der Waals surface area contributed by atoms with E-state index in [0.717, 1.165) is 13.1 Å². The van der Waals surface area contributed by atoms with Crippen molar-refractivity contribution in [1.29, 1.82) is 0 Å². The van der Waals surface area contributed by atoms with Crippen LogP contribution in [0.5, 0.6) is 0 Å². The SMILES string of the molecule is CCCC1(c2nc3ccc(C)cc3s2)CCNC1. The summed E-state index contributed by atoms with van der Waals surface area (Å²) in [5.74, 6) is 0. The Morgan fingerprint density at radius 2 is 2.33 bits per heavy atom. The van der Waals surface area contributed by atoms with Crippen LogP contribution in [0.4, 0.5) is 0 Å². The number of hydrogen-bond acceptors (Lipinski definition) is 3. The molecule has 0 spiro atoms. The Morgan fingerprint density at radius 1 is 1.44 bits per heavy atom. The maximum absolute atomic E-state index is 4.91. The van der Waals surface area contributed by atoms with Crippen molar-refractivity contribution in [2.75, 3.05) is 13.1 Å². The number of nitrogens with zero attached hydrogens (tertiary/aromatic N) is 1. The lowest BCUT2D eigenvalue weighted by Gasteiger charge is -2.24. The summed E-state index contributed by atoms with van der Waals surface area (Å²) in [7, 11) is 0. The molecule has 1 N–H and O–H groups in total. The predicted octanol–water partition coefficient (Wildman–Crippen LogP) is 3.64. The monoisotopic (exact) mass is 260 g/mol. The Bertz CT molecular complexity index is 553. The second kappa shape index (κ2) is 4.63. The molecule has 0 bridgehead atoms. The molecule has 0 saturated carbocycles. The lowest BCUT2D eigenvalue weighted by Crippen LogP contribution is -2.28. The third kappa shape index (κ3) is 1.95. The number of rotatable bonds is 3. The van der Waals surface area contributed by atoms with E-state index in [9.17, 15) is 0 Å². The first kappa shape index (κ1) is 12.1. The van der Waals surface area contributed by atoms with Gasteiger partial charge in [0.2, 0.25) is 0 Å². The lowest BCUT2D eigenvalue weighted by atomic mass is 9.83. The summed E-state index contributed by atoms with van der Waals surface area (Å²) in [6, 6.07) is 6.58. The van der Waals surface area contributed by atoms with E-state index < -0.39 is 0 Å². The van der Waals surface area contributed by atoms with Crippen LogP contribution in [0.1, 0.15) is 36.8 Å². The molecule has 1 aliphatic heterocycles. The van der Waals surface area contributed by atoms with Crippen molar-refractivity contribution in [3.8, 4) is 0 Å². The van der Waals surface area contributed by atoms with Crippen LogP contribution in [0.3, 0.4) is 0 Å². The average Bonchev–Trinajstić information content (AvgIpc) is 2.95. The number of aryl methyl sites for hydroxylation is 1. The molecule has 96 valence electrons. The smallest absolute Gasteiger partial charge is 0.101 e. The largest absolute Gasteiger partial charge is 0.316 e. The van der Waals surface area contributed by atoms with Gasteiger partial charge in [0.1, 0.15) is 5.01 Å². The lowest BCUT2D eigenvalue weighted by molar-refractivity contribution is 0.426. The number of benzene rings is 1. The Balaban J connectivity index is 2.06. The van der Waals surface area contributed by atoms with Crippen molar-refractivity contribution in [2.45, 2.75) is 38.5 Å². The van der Waals surface area contributed by atoms with E-state index in [4.69, 9.17) is 4.98 Å². The van der Waals surface area contributed by atoms with Crippen molar-refractivity contribution in [1.82, 2.24) is 10.3 Å². The van der Waals surface area contributed by atoms with Crippen molar-refractivity contribution < 1.29 is 0 Å². The van der Waals surface area contributed by atoms with Gasteiger partial charge in [-0.1, -0.05) is 19.4 Å². The van der Waals surface area contributed by atoms with Crippen LogP contribution in [0.2, 0.25) is 0 Å². The Kier molecular flexibility index (Phi) is 3.12. The Labute approximate surface area is 112 Å². The summed E-state index contributed by atoms with van der Waals surface area (Å²) in [5.41, 5.74) is 2.79. The van der Waals surface area contributed by atoms with Crippen molar-refractivity contribution >= 4 is 21.6 Å². The molecule has 0 radical (unpaired) electrons. The standard InChI is InChI=1S/C15H20N2S/c1-3-6-15(7-8-16-10-15)14-17-12-5-4-11(2)9-13(12)18-14/h4-5,9,16H,3,6-8,10H2,1-2H3. The highest BCUT2D eigenvalue weighted by Crippen LogP contribution is 2.39. The molecule has 1 saturated heterocycles. The molecule has 3 rings (SSSR count). The number of hydrogen-bond donors (Lipinski definition) is 1. The molecule has 1 unspecified atom stereocenters. The average molecular weight is 260 g/mol. The van der Waals surface area contributed by atoms with E-state index in [0.29, 0.717) is 5.41 Å². The molecule has 2 heterocycles. The van der Waals surface area contributed by atoms with Gasteiger partial charge < -0.3 is 5.32 Å². The predicted molar refractivity (Wildman–Crippen MR) is 78.4 cm³/mol. The number of fused-ring (bicyclic) bond motifs is 1. The molecular weight excluding hydrogens is 240 g/mol. The zero-order chi connectivity index (χ0) is 12.6. The summed E-state index contributed by atoms with van der Waals surface area (Å²) < 4.78 is 1.34. The first-order valence-electron chi connectivity index (χ1n) is 6.82. The molecule has 1 aromatic carbocycles. The molecule has 0 amide bonds. The third-order valence-corrected chi connectivity index (χ3v) is 5.23. The maximum Gasteiger partial charge on any atom is 0.101 e. The molecule has 1 fully saturated rings. The number of aromatic nitrogens is 1. The summed E-state index contributed by atoms with van der Waals surface area (Å²) in [5, 5.41) is 4.86. The van der Waals surface area contributed by atoms with Gasteiger partial charge in [-0.2, -0.15) is 0 Å². The molecule has 2 aromatic rings. The molecule has 3 heteroatoms. The van der Waals surface area contributed by atoms with Gasteiger partial charge in [0.15, 0.2) is 0 Å². The summed E-state index contributed by atoms with van der Waals surface area (Å²) >= 11 is 1.90. The van der Waals surface area contributed by atoms with Gasteiger partial charge in [-0.3, -0.25) is 0 Å². The zero-order valence-electron chi connectivity index (χ0n) is 11.1. The van der Waals surface area contributed by atoms with Crippen LogP contribution in [0.25, 0.3) is 10.2 Å². The van der Waals surface area contributed by atoms with Crippen LogP contribution in [0.15, 0.2) is 18.2 Å². The minimum Gasteiger partial charge on any atom is -0.316 e. The first-order valence-corrected chi connectivity index (χ1v) is 7.63. The van der Waals surface area contributed by atoms with Gasteiger partial charge in [-0.15, -0.1) is 11.3 Å². The van der Waals surface area contributed by atoms with Crippen LogP contribution in [-0.4, -0.2) is 18.1 Å². The zero-order valence-corrected chi connectivity index (χ0v) is 11.9. The summed E-state index contributed by atoms with van der Waals surface area (Å²) in [6.45, 7) is 6.66. The van der Waals surface area contributed by atoms with Crippen LogP contribution >= 0.6 is 11.3 Å². The highest BCUT2D eigenvalue weighted by atomic mass is 32.1. The van der Waals surface area contributed by atoms with E-state index in [1.165, 1.54) is 40.1 Å². The Hall–Kier alpha value is -0.930. The normalized spacial score (nSPS) is 23.9. The van der Waals surface area contributed by atoms with E-state index in [2.05, 4.69) is 37.4 Å². The van der Waals surface area contributed by atoms with Gasteiger partial charge in [-0.05, 0) is 44.0 Å². The molecule has 1 atom stereocenters. The fraction of sp³-hybridized carbons (Fsp3) is 0.533. The summed E-state index contributed by atoms with van der Waals surface area (Å²) in [6.07, 6.45) is 3.72. The topological polar surface area (TPSA) is 24.9 Å². The second-order valence-corrected chi connectivity index (χ2v) is 6.48. The Morgan fingerprint density at radius 3 is 3.06 bits per heavy atom. The number of thiazole rings is 1. The molecule has 1 aromatic heterocycles. The van der Waals surface area contributed by atoms with E-state index in [-0.39, 0.29) is 0 Å². The van der Waals surface area contributed by atoms with E-state index in [1.54, 1.807) is 0 Å². The first-order chi connectivity index (χ1) is 8.73. The van der Waals surface area contributed by atoms with Crippen molar-refractivity contribution in [3.05, 3.63) is 28.8 Å². The summed E-state index contributed by atoms with van der Waals surface area (Å²) in [4.78, 5) is 4.91. The van der Waals surface area contributed by atoms with Crippen molar-refractivity contribution in [3.63, 3.8) is 0 Å². The van der Waals surface area contributed by atoms with Crippen molar-refractivity contribution in [2.24, 2.45) is 0 Å². The van der Waals surface area contributed by atoms with Crippen LogP contribution in [-0.2, 0) is 5.41 Å². The quantitative estimate of drug-likeness (QED) is 0.911. The third-order valence-electron chi connectivity index (χ3n) is 3.97. The molecule has 18 heavy (non-hydrogen) atoms. The van der Waals surface area contributed by atoms with Crippen LogP contribution in [0, 0.1) is 6.92 Å². The van der Waals surface area contributed by atoms with Crippen LogP contribution < -0.4 is 5.32 Å². The van der Waals surface area contributed by atoms with Gasteiger partial charge >= 0.3 is 0 Å². The van der Waals surface area contributed by atoms with Gasteiger partial charge in [-0.25, -0.2) is 4.98 Å². The second-order valence-electron chi connectivity index (χ2n) is 5.45. The van der Waals surface area contributed by atoms with Gasteiger partial charge in [0.25, 0.3) is 0 Å². The van der Waals surface area contributed by atoms with Gasteiger partial charge in [0.05, 0.1) is 10.2 Å². The molecule has 1 aliphatic rings. The molecule has 0 aliphatic carbocycles. The fourth-order valence-electron chi connectivity index (χ4n) is 2.98. The molecule has 2 nitrogen and oxygen atoms in total. The highest BCUT2D eigenvalue weighted by molar-refractivity contribution is 7.18. The fourth-order valence-corrected chi connectivity index (χ4v) is 4.29. The van der Waals surface area contributed by atoms with E-state index in [1.807, 2.05) is 11.3 Å². The minimum atomic E-state index is 0.298. The minimum absolute atomic E-state index is 0.298. The number of nitrogens with one attached hydrogen (secondary N) is 1.